The number of nitrogens with one attached hydrogen (secondary N) is 1. The first kappa shape index (κ1) is 9.77. The van der Waals surface area contributed by atoms with E-state index in [2.05, 4.69) is 5.32 Å². The Bertz CT molecular complexity index is 359. The number of carbonyl (C=O) groups is 1. The van der Waals surface area contributed by atoms with Crippen LogP contribution in [-0.2, 0) is 4.74 Å². The first-order valence-corrected chi connectivity index (χ1v) is 5.04. The van der Waals surface area contributed by atoms with Crippen molar-refractivity contribution in [1.82, 2.24) is 0 Å². The lowest BCUT2D eigenvalue weighted by Crippen LogP contribution is -2.19. The van der Waals surface area contributed by atoms with Gasteiger partial charge in [-0.2, -0.15) is 0 Å². The zero-order chi connectivity index (χ0) is 10.5. The van der Waals surface area contributed by atoms with Crippen LogP contribution in [0.25, 0.3) is 0 Å². The highest BCUT2D eigenvalue weighted by molar-refractivity contribution is 5.84. The van der Waals surface area contributed by atoms with Gasteiger partial charge >= 0.3 is 6.09 Å². The lowest BCUT2D eigenvalue weighted by atomic mass is 10.3. The van der Waals surface area contributed by atoms with Crippen LogP contribution in [0.3, 0.4) is 0 Å². The molecule has 0 radical (unpaired) electrons. The van der Waals surface area contributed by atoms with Crippen LogP contribution in [0.15, 0.2) is 42.5 Å². The van der Waals surface area contributed by atoms with Crippen LogP contribution in [0.5, 0.6) is 0 Å². The third-order valence-corrected chi connectivity index (χ3v) is 2.25. The fourth-order valence-corrected chi connectivity index (χ4v) is 1.51. The van der Waals surface area contributed by atoms with Gasteiger partial charge in [0, 0.05) is 5.69 Å². The Labute approximate surface area is 88.8 Å². The van der Waals surface area contributed by atoms with Crippen molar-refractivity contribution >= 4 is 11.8 Å². The normalized spacial score (nSPS) is 18.8. The monoisotopic (exact) mass is 203 g/mol. The molecule has 2 rings (SSSR count). The highest BCUT2D eigenvalue weighted by Gasteiger charge is 2.13. The van der Waals surface area contributed by atoms with Crippen LogP contribution in [0.2, 0.25) is 0 Å². The summed E-state index contributed by atoms with van der Waals surface area (Å²) in [7, 11) is 0. The lowest BCUT2D eigenvalue weighted by molar-refractivity contribution is 0.134. The van der Waals surface area contributed by atoms with Crippen LogP contribution in [0.4, 0.5) is 10.5 Å². The van der Waals surface area contributed by atoms with Crippen molar-refractivity contribution in [3.05, 3.63) is 42.5 Å². The molecule has 1 N–H and O–H groups in total. The number of allylic oxidation sites excluding steroid dienone is 1. The van der Waals surface area contributed by atoms with Gasteiger partial charge < -0.3 is 4.74 Å². The number of anilines is 1. The molecule has 0 bridgehead atoms. The molecule has 15 heavy (non-hydrogen) atoms. The minimum Gasteiger partial charge on any atom is -0.442 e. The van der Waals surface area contributed by atoms with Crippen molar-refractivity contribution in [2.45, 2.75) is 18.9 Å². The van der Waals surface area contributed by atoms with Gasteiger partial charge in [0.1, 0.15) is 6.10 Å². The maximum absolute atomic E-state index is 11.4. The van der Waals surface area contributed by atoms with E-state index < -0.39 is 6.09 Å². The first-order valence-electron chi connectivity index (χ1n) is 5.04. The Morgan fingerprint density at radius 1 is 1.33 bits per heavy atom. The van der Waals surface area contributed by atoms with Crippen LogP contribution in [0, 0.1) is 0 Å². The Kier molecular flexibility index (Phi) is 3.02. The fourth-order valence-electron chi connectivity index (χ4n) is 1.51. The van der Waals surface area contributed by atoms with Crippen molar-refractivity contribution in [3.8, 4) is 0 Å². The van der Waals surface area contributed by atoms with Crippen LogP contribution in [-0.4, -0.2) is 12.2 Å². The summed E-state index contributed by atoms with van der Waals surface area (Å²) in [5.74, 6) is 0. The van der Waals surface area contributed by atoms with Gasteiger partial charge in [-0.05, 0) is 31.1 Å². The van der Waals surface area contributed by atoms with E-state index in [9.17, 15) is 4.79 Å². The Morgan fingerprint density at radius 3 is 2.80 bits per heavy atom. The highest BCUT2D eigenvalue weighted by atomic mass is 16.6. The maximum atomic E-state index is 11.4. The van der Waals surface area contributed by atoms with Crippen LogP contribution < -0.4 is 5.32 Å². The molecule has 0 saturated heterocycles. The summed E-state index contributed by atoms with van der Waals surface area (Å²) in [5, 5.41) is 2.67. The largest absolute Gasteiger partial charge is 0.442 e. The van der Waals surface area contributed by atoms with E-state index in [0.29, 0.717) is 0 Å². The molecule has 0 fully saturated rings. The molecule has 0 heterocycles. The predicted molar refractivity (Wildman–Crippen MR) is 58.7 cm³/mol. The van der Waals surface area contributed by atoms with E-state index in [1.54, 1.807) is 0 Å². The average Bonchev–Trinajstić information content (AvgIpc) is 2.71. The molecule has 1 unspecified atom stereocenters. The topological polar surface area (TPSA) is 38.3 Å². The molecular weight excluding hydrogens is 190 g/mol. The summed E-state index contributed by atoms with van der Waals surface area (Å²) in [4.78, 5) is 11.4. The number of para-hydroxylation sites is 1. The van der Waals surface area contributed by atoms with Crippen LogP contribution in [0.1, 0.15) is 12.8 Å². The average molecular weight is 203 g/mol. The van der Waals surface area contributed by atoms with E-state index in [1.165, 1.54) is 0 Å². The van der Waals surface area contributed by atoms with Crippen molar-refractivity contribution in [2.75, 3.05) is 5.32 Å². The molecule has 1 aromatic rings. The predicted octanol–water partition coefficient (Wildman–Crippen LogP) is 2.95. The van der Waals surface area contributed by atoms with Gasteiger partial charge in [-0.3, -0.25) is 5.32 Å². The molecule has 1 aliphatic carbocycles. The zero-order valence-electron chi connectivity index (χ0n) is 8.35. The first-order chi connectivity index (χ1) is 7.34. The molecular formula is C12H13NO2. The highest BCUT2D eigenvalue weighted by Crippen LogP contribution is 2.14. The van der Waals surface area contributed by atoms with Gasteiger partial charge in [-0.1, -0.05) is 24.3 Å². The molecule has 0 aromatic heterocycles. The van der Waals surface area contributed by atoms with E-state index >= 15 is 0 Å². The third kappa shape index (κ3) is 2.84. The Balaban J connectivity index is 1.84. The number of hydrogen-bond donors (Lipinski definition) is 1. The second kappa shape index (κ2) is 4.64. The molecule has 0 saturated carbocycles. The standard InChI is InChI=1S/C12H13NO2/c14-12(15-11-8-4-5-9-11)13-10-6-2-1-3-7-10/h1-4,6-8,11H,5,9H2,(H,13,14). The molecule has 0 spiro atoms. The minimum atomic E-state index is -0.391. The number of carbonyl (C=O) groups excluding carboxylic acids is 1. The van der Waals surface area contributed by atoms with E-state index in [-0.39, 0.29) is 6.10 Å². The quantitative estimate of drug-likeness (QED) is 0.750. The van der Waals surface area contributed by atoms with Crippen molar-refractivity contribution in [1.29, 1.82) is 0 Å². The summed E-state index contributed by atoms with van der Waals surface area (Å²) >= 11 is 0. The molecule has 1 aromatic carbocycles. The molecule has 3 heteroatoms. The van der Waals surface area contributed by atoms with Gasteiger partial charge in [0.2, 0.25) is 0 Å². The number of ether oxygens (including phenoxy) is 1. The number of benzene rings is 1. The SMILES string of the molecule is O=C(Nc1ccccc1)OC1C=CCC1. The van der Waals surface area contributed by atoms with Crippen LogP contribution >= 0.6 is 0 Å². The number of rotatable bonds is 2. The van der Waals surface area contributed by atoms with E-state index in [0.717, 1.165) is 18.5 Å². The van der Waals surface area contributed by atoms with Gasteiger partial charge in [-0.15, -0.1) is 0 Å². The molecule has 1 amide bonds. The minimum absolute atomic E-state index is 0.0614. The number of amides is 1. The van der Waals surface area contributed by atoms with E-state index in [4.69, 9.17) is 4.74 Å². The molecule has 78 valence electrons. The fraction of sp³-hybridized carbons (Fsp3) is 0.250. The van der Waals surface area contributed by atoms with Crippen molar-refractivity contribution in [2.24, 2.45) is 0 Å². The maximum Gasteiger partial charge on any atom is 0.412 e. The summed E-state index contributed by atoms with van der Waals surface area (Å²) < 4.78 is 5.18. The Morgan fingerprint density at radius 2 is 2.13 bits per heavy atom. The second-order valence-corrected chi connectivity index (χ2v) is 3.44. The summed E-state index contributed by atoms with van der Waals surface area (Å²) in [6.07, 6.45) is 5.38. The molecule has 3 nitrogen and oxygen atoms in total. The smallest absolute Gasteiger partial charge is 0.412 e. The van der Waals surface area contributed by atoms with Crippen molar-refractivity contribution in [3.63, 3.8) is 0 Å². The van der Waals surface area contributed by atoms with Gasteiger partial charge in [-0.25, -0.2) is 4.79 Å². The van der Waals surface area contributed by atoms with E-state index in [1.807, 2.05) is 42.5 Å². The zero-order valence-corrected chi connectivity index (χ0v) is 8.35. The third-order valence-electron chi connectivity index (χ3n) is 2.25. The molecule has 0 aliphatic heterocycles. The lowest BCUT2D eigenvalue weighted by Gasteiger charge is -2.10. The van der Waals surface area contributed by atoms with Gasteiger partial charge in [0.25, 0.3) is 0 Å². The summed E-state index contributed by atoms with van der Waals surface area (Å²) in [6, 6.07) is 9.28. The summed E-state index contributed by atoms with van der Waals surface area (Å²) in [6.45, 7) is 0. The molecule has 1 atom stereocenters. The summed E-state index contributed by atoms with van der Waals surface area (Å²) in [5.41, 5.74) is 0.754. The van der Waals surface area contributed by atoms with Crippen molar-refractivity contribution < 1.29 is 9.53 Å². The Hall–Kier alpha value is -1.77. The van der Waals surface area contributed by atoms with Gasteiger partial charge in [0.05, 0.1) is 0 Å². The second-order valence-electron chi connectivity index (χ2n) is 3.44. The molecule has 1 aliphatic rings. The number of hydrogen-bond acceptors (Lipinski definition) is 2. The van der Waals surface area contributed by atoms with Gasteiger partial charge in [0.15, 0.2) is 0 Å².